The van der Waals surface area contributed by atoms with Crippen LogP contribution in [0.3, 0.4) is 0 Å². The minimum Gasteiger partial charge on any atom is -0.486 e. The zero-order valence-corrected chi connectivity index (χ0v) is 12.4. The molecule has 1 saturated carbocycles. The van der Waals surface area contributed by atoms with E-state index >= 15 is 0 Å². The van der Waals surface area contributed by atoms with E-state index in [9.17, 15) is 0 Å². The Labute approximate surface area is 124 Å². The Balaban J connectivity index is 1.74. The lowest BCUT2D eigenvalue weighted by Crippen LogP contribution is -2.11. The number of rotatable bonds is 4. The first-order valence-electron chi connectivity index (χ1n) is 7.16. The van der Waals surface area contributed by atoms with Gasteiger partial charge >= 0.3 is 0 Å². The van der Waals surface area contributed by atoms with Crippen molar-refractivity contribution in [3.63, 3.8) is 0 Å². The third kappa shape index (κ3) is 2.83. The molecule has 0 N–H and O–H groups in total. The molecule has 4 heteroatoms. The summed E-state index contributed by atoms with van der Waals surface area (Å²) in [5.41, 5.74) is 2.47. The number of aromatic nitrogens is 2. The van der Waals surface area contributed by atoms with Crippen molar-refractivity contribution in [1.82, 2.24) is 9.78 Å². The second-order valence-corrected chi connectivity index (χ2v) is 5.77. The van der Waals surface area contributed by atoms with Gasteiger partial charge in [-0.2, -0.15) is 5.10 Å². The molecule has 0 aliphatic heterocycles. The molecule has 1 heterocycles. The molecule has 3 rings (SSSR count). The average molecular weight is 291 g/mol. The molecule has 0 atom stereocenters. The zero-order chi connectivity index (χ0) is 13.9. The monoisotopic (exact) mass is 290 g/mol. The highest BCUT2D eigenvalue weighted by molar-refractivity contribution is 6.31. The number of hydrogen-bond donors (Lipinski definition) is 0. The second-order valence-electron chi connectivity index (χ2n) is 5.41. The summed E-state index contributed by atoms with van der Waals surface area (Å²) < 4.78 is 7.74. The van der Waals surface area contributed by atoms with Gasteiger partial charge in [0.1, 0.15) is 0 Å². The van der Waals surface area contributed by atoms with Crippen molar-refractivity contribution in [2.45, 2.75) is 45.3 Å². The Morgan fingerprint density at radius 3 is 2.80 bits per heavy atom. The van der Waals surface area contributed by atoms with E-state index in [1.54, 1.807) is 10.9 Å². The molecule has 0 spiro atoms. The van der Waals surface area contributed by atoms with Crippen molar-refractivity contribution in [3.05, 3.63) is 46.7 Å². The second kappa shape index (κ2) is 5.88. The molecule has 1 aromatic heterocycles. The number of ether oxygens (including phenoxy) is 1. The first-order valence-corrected chi connectivity index (χ1v) is 7.54. The predicted molar refractivity (Wildman–Crippen MR) is 80.4 cm³/mol. The minimum absolute atomic E-state index is 0.309. The van der Waals surface area contributed by atoms with Crippen LogP contribution in [0.25, 0.3) is 0 Å². The molecule has 0 amide bonds. The van der Waals surface area contributed by atoms with E-state index < -0.39 is 0 Å². The highest BCUT2D eigenvalue weighted by atomic mass is 35.5. The standard InChI is InChI=1S/C16H19ClN2O/c1-12-6-2-3-7-13(12)11-19-16(17)15(10-18-19)20-14-8-4-5-9-14/h2-3,6-7,10,14H,4-5,8-9,11H2,1H3. The fourth-order valence-electron chi connectivity index (χ4n) is 2.68. The van der Waals surface area contributed by atoms with Crippen molar-refractivity contribution in [3.8, 4) is 5.75 Å². The summed E-state index contributed by atoms with van der Waals surface area (Å²) in [6.07, 6.45) is 6.79. The summed E-state index contributed by atoms with van der Waals surface area (Å²) in [5, 5.41) is 4.95. The lowest BCUT2D eigenvalue weighted by atomic mass is 10.1. The van der Waals surface area contributed by atoms with Gasteiger partial charge in [-0.1, -0.05) is 35.9 Å². The number of nitrogens with zero attached hydrogens (tertiary/aromatic N) is 2. The molecule has 0 saturated heterocycles. The normalized spacial score (nSPS) is 15.7. The van der Waals surface area contributed by atoms with E-state index in [1.165, 1.54) is 24.0 Å². The first kappa shape index (κ1) is 13.5. The maximum absolute atomic E-state index is 6.38. The van der Waals surface area contributed by atoms with Crippen LogP contribution in [0.15, 0.2) is 30.5 Å². The van der Waals surface area contributed by atoms with Gasteiger partial charge in [0.25, 0.3) is 0 Å². The summed E-state index contributed by atoms with van der Waals surface area (Å²) >= 11 is 6.38. The van der Waals surface area contributed by atoms with E-state index in [1.807, 2.05) is 12.1 Å². The van der Waals surface area contributed by atoms with Gasteiger partial charge < -0.3 is 4.74 Å². The molecule has 3 nitrogen and oxygen atoms in total. The lowest BCUT2D eigenvalue weighted by Gasteiger charge is -2.12. The molecule has 20 heavy (non-hydrogen) atoms. The summed E-state index contributed by atoms with van der Waals surface area (Å²) in [6, 6.07) is 8.28. The Hall–Kier alpha value is -1.48. The number of halogens is 1. The van der Waals surface area contributed by atoms with Crippen LogP contribution < -0.4 is 4.74 Å². The Kier molecular flexibility index (Phi) is 3.97. The quantitative estimate of drug-likeness (QED) is 0.843. The van der Waals surface area contributed by atoms with Crippen LogP contribution in [-0.4, -0.2) is 15.9 Å². The molecular formula is C16H19ClN2O. The smallest absolute Gasteiger partial charge is 0.176 e. The zero-order valence-electron chi connectivity index (χ0n) is 11.7. The van der Waals surface area contributed by atoms with Crippen LogP contribution >= 0.6 is 11.6 Å². The maximum atomic E-state index is 6.38. The fraction of sp³-hybridized carbons (Fsp3) is 0.438. The van der Waals surface area contributed by atoms with Gasteiger partial charge in [0.15, 0.2) is 10.9 Å². The van der Waals surface area contributed by atoms with Crippen molar-refractivity contribution >= 4 is 11.6 Å². The van der Waals surface area contributed by atoms with Gasteiger partial charge in [-0.15, -0.1) is 0 Å². The van der Waals surface area contributed by atoms with Crippen molar-refractivity contribution in [2.75, 3.05) is 0 Å². The maximum Gasteiger partial charge on any atom is 0.176 e. The van der Waals surface area contributed by atoms with Crippen LogP contribution in [0.4, 0.5) is 0 Å². The van der Waals surface area contributed by atoms with Crippen LogP contribution in [0, 0.1) is 6.92 Å². The van der Waals surface area contributed by atoms with Gasteiger partial charge in [-0.3, -0.25) is 0 Å². The van der Waals surface area contributed by atoms with Crippen LogP contribution in [0.5, 0.6) is 5.75 Å². The van der Waals surface area contributed by atoms with E-state index in [0.29, 0.717) is 23.6 Å². The number of aryl methyl sites for hydroxylation is 1. The SMILES string of the molecule is Cc1ccccc1Cn1ncc(OC2CCCC2)c1Cl. The van der Waals surface area contributed by atoms with Crippen molar-refractivity contribution in [2.24, 2.45) is 0 Å². The van der Waals surface area contributed by atoms with Gasteiger partial charge in [0, 0.05) is 0 Å². The molecule has 1 aromatic carbocycles. The fourth-order valence-corrected chi connectivity index (χ4v) is 2.87. The first-order chi connectivity index (χ1) is 9.74. The highest BCUT2D eigenvalue weighted by Crippen LogP contribution is 2.30. The Morgan fingerprint density at radius 2 is 2.05 bits per heavy atom. The van der Waals surface area contributed by atoms with Gasteiger partial charge in [-0.05, 0) is 43.7 Å². The minimum atomic E-state index is 0.309. The molecule has 0 radical (unpaired) electrons. The number of hydrogen-bond acceptors (Lipinski definition) is 2. The lowest BCUT2D eigenvalue weighted by molar-refractivity contribution is 0.210. The summed E-state index contributed by atoms with van der Waals surface area (Å²) in [4.78, 5) is 0. The van der Waals surface area contributed by atoms with Crippen molar-refractivity contribution < 1.29 is 4.74 Å². The average Bonchev–Trinajstić information content (AvgIpc) is 3.06. The Bertz CT molecular complexity index is 588. The van der Waals surface area contributed by atoms with Crippen LogP contribution in [-0.2, 0) is 6.54 Å². The molecular weight excluding hydrogens is 272 g/mol. The van der Waals surface area contributed by atoms with Crippen LogP contribution in [0.2, 0.25) is 5.15 Å². The molecule has 1 aliphatic carbocycles. The summed E-state index contributed by atoms with van der Waals surface area (Å²) in [6.45, 7) is 2.78. The molecule has 2 aromatic rings. The van der Waals surface area contributed by atoms with E-state index in [2.05, 4.69) is 24.2 Å². The predicted octanol–water partition coefficient (Wildman–Crippen LogP) is 4.21. The van der Waals surface area contributed by atoms with Gasteiger partial charge in [-0.25, -0.2) is 4.68 Å². The Morgan fingerprint density at radius 1 is 1.30 bits per heavy atom. The molecule has 1 fully saturated rings. The molecule has 0 bridgehead atoms. The van der Waals surface area contributed by atoms with Gasteiger partial charge in [0.05, 0.1) is 18.8 Å². The summed E-state index contributed by atoms with van der Waals surface area (Å²) in [5.74, 6) is 0.715. The van der Waals surface area contributed by atoms with E-state index in [0.717, 1.165) is 12.8 Å². The molecule has 1 aliphatic rings. The summed E-state index contributed by atoms with van der Waals surface area (Å²) in [7, 11) is 0. The molecule has 106 valence electrons. The largest absolute Gasteiger partial charge is 0.486 e. The van der Waals surface area contributed by atoms with E-state index in [4.69, 9.17) is 16.3 Å². The van der Waals surface area contributed by atoms with Crippen LogP contribution in [0.1, 0.15) is 36.8 Å². The third-order valence-corrected chi connectivity index (χ3v) is 4.30. The topological polar surface area (TPSA) is 27.1 Å². The number of benzene rings is 1. The van der Waals surface area contributed by atoms with Crippen molar-refractivity contribution in [1.29, 1.82) is 0 Å². The van der Waals surface area contributed by atoms with E-state index in [-0.39, 0.29) is 0 Å². The third-order valence-electron chi connectivity index (χ3n) is 3.92. The highest BCUT2D eigenvalue weighted by Gasteiger charge is 2.19. The molecule has 0 unspecified atom stereocenters. The van der Waals surface area contributed by atoms with Gasteiger partial charge in [0.2, 0.25) is 0 Å².